The Labute approximate surface area is 118 Å². The van der Waals surface area contributed by atoms with Crippen LogP contribution in [0.1, 0.15) is 42.4 Å². The van der Waals surface area contributed by atoms with Gasteiger partial charge in [-0.25, -0.2) is 0 Å². The van der Waals surface area contributed by atoms with Crippen molar-refractivity contribution in [1.82, 2.24) is 5.32 Å². The van der Waals surface area contributed by atoms with Crippen LogP contribution < -0.4 is 5.32 Å². The summed E-state index contributed by atoms with van der Waals surface area (Å²) in [6.07, 6.45) is -2.04. The number of rotatable bonds is 3. The standard InChI is InChI=1S/C16H22F3N/c1-11-6-7-13(8-12(11)2)10-20-15-5-3-4-14(9-15)16(17,18)19/h6-8,14-15,20H,3-5,9-10H2,1-2H3. The van der Waals surface area contributed by atoms with Crippen molar-refractivity contribution in [1.29, 1.82) is 0 Å². The number of benzene rings is 1. The van der Waals surface area contributed by atoms with Crippen molar-refractivity contribution < 1.29 is 13.2 Å². The Hall–Kier alpha value is -1.03. The molecule has 1 aromatic carbocycles. The fourth-order valence-corrected chi connectivity index (χ4v) is 2.85. The second-order valence-electron chi connectivity index (χ2n) is 5.90. The lowest BCUT2D eigenvalue weighted by Crippen LogP contribution is -2.38. The molecule has 2 rings (SSSR count). The summed E-state index contributed by atoms with van der Waals surface area (Å²) in [6.45, 7) is 4.76. The highest BCUT2D eigenvalue weighted by molar-refractivity contribution is 5.29. The molecule has 2 unspecified atom stereocenters. The molecule has 0 aliphatic heterocycles. The molecule has 0 spiro atoms. The molecule has 0 radical (unpaired) electrons. The molecular weight excluding hydrogens is 263 g/mol. The number of halogens is 3. The molecule has 0 bridgehead atoms. The average molecular weight is 285 g/mol. The van der Waals surface area contributed by atoms with E-state index in [1.165, 1.54) is 11.1 Å². The summed E-state index contributed by atoms with van der Waals surface area (Å²) < 4.78 is 38.2. The fourth-order valence-electron chi connectivity index (χ4n) is 2.85. The van der Waals surface area contributed by atoms with E-state index < -0.39 is 12.1 Å². The maximum atomic E-state index is 12.7. The van der Waals surface area contributed by atoms with Gasteiger partial charge in [0.05, 0.1) is 5.92 Å². The van der Waals surface area contributed by atoms with E-state index in [2.05, 4.69) is 31.3 Å². The van der Waals surface area contributed by atoms with E-state index in [0.717, 1.165) is 12.0 Å². The molecule has 0 aromatic heterocycles. The number of hydrogen-bond acceptors (Lipinski definition) is 1. The lowest BCUT2D eigenvalue weighted by molar-refractivity contribution is -0.183. The van der Waals surface area contributed by atoms with Crippen molar-refractivity contribution >= 4 is 0 Å². The first kappa shape index (κ1) is 15.4. The first-order valence-electron chi connectivity index (χ1n) is 7.22. The van der Waals surface area contributed by atoms with Gasteiger partial charge in [-0.3, -0.25) is 0 Å². The second-order valence-corrected chi connectivity index (χ2v) is 5.90. The topological polar surface area (TPSA) is 12.0 Å². The molecule has 0 heterocycles. The van der Waals surface area contributed by atoms with Crippen LogP contribution in [0.3, 0.4) is 0 Å². The van der Waals surface area contributed by atoms with Gasteiger partial charge in [-0.05, 0) is 49.8 Å². The molecule has 20 heavy (non-hydrogen) atoms. The van der Waals surface area contributed by atoms with Crippen LogP contribution in [0.2, 0.25) is 0 Å². The quantitative estimate of drug-likeness (QED) is 0.861. The number of aryl methyl sites for hydroxylation is 2. The Morgan fingerprint density at radius 3 is 2.55 bits per heavy atom. The lowest BCUT2D eigenvalue weighted by atomic mass is 9.85. The summed E-state index contributed by atoms with van der Waals surface area (Å²) in [5.41, 5.74) is 3.60. The predicted molar refractivity (Wildman–Crippen MR) is 74.6 cm³/mol. The molecule has 1 aromatic rings. The van der Waals surface area contributed by atoms with E-state index >= 15 is 0 Å². The first-order valence-corrected chi connectivity index (χ1v) is 7.22. The summed E-state index contributed by atoms with van der Waals surface area (Å²) in [7, 11) is 0. The van der Waals surface area contributed by atoms with Crippen molar-refractivity contribution in [2.45, 2.75) is 58.3 Å². The normalized spacial score (nSPS) is 23.9. The van der Waals surface area contributed by atoms with E-state index in [9.17, 15) is 13.2 Å². The van der Waals surface area contributed by atoms with Gasteiger partial charge in [0.25, 0.3) is 0 Å². The third-order valence-corrected chi connectivity index (χ3v) is 4.30. The van der Waals surface area contributed by atoms with E-state index in [0.29, 0.717) is 13.0 Å². The number of alkyl halides is 3. The minimum Gasteiger partial charge on any atom is -0.310 e. The van der Waals surface area contributed by atoms with Crippen LogP contribution in [0.25, 0.3) is 0 Å². The smallest absolute Gasteiger partial charge is 0.310 e. The zero-order valence-electron chi connectivity index (χ0n) is 12.1. The number of hydrogen-bond donors (Lipinski definition) is 1. The molecule has 2 atom stereocenters. The molecule has 0 amide bonds. The van der Waals surface area contributed by atoms with Crippen molar-refractivity contribution in [2.75, 3.05) is 0 Å². The molecule has 4 heteroatoms. The van der Waals surface area contributed by atoms with Crippen LogP contribution in [0.5, 0.6) is 0 Å². The van der Waals surface area contributed by atoms with Crippen LogP contribution in [0.4, 0.5) is 13.2 Å². The van der Waals surface area contributed by atoms with Gasteiger partial charge in [0, 0.05) is 12.6 Å². The zero-order chi connectivity index (χ0) is 14.8. The SMILES string of the molecule is Cc1ccc(CNC2CCCC(C(F)(F)F)C2)cc1C. The second kappa shape index (κ2) is 6.17. The van der Waals surface area contributed by atoms with Crippen molar-refractivity contribution in [3.63, 3.8) is 0 Å². The highest BCUT2D eigenvalue weighted by Crippen LogP contribution is 2.37. The average Bonchev–Trinajstić information content (AvgIpc) is 2.39. The highest BCUT2D eigenvalue weighted by Gasteiger charge is 2.41. The third-order valence-electron chi connectivity index (χ3n) is 4.30. The fraction of sp³-hybridized carbons (Fsp3) is 0.625. The minimum absolute atomic E-state index is 0.0167. The zero-order valence-corrected chi connectivity index (χ0v) is 12.1. The molecular formula is C16H22F3N. The summed E-state index contributed by atoms with van der Waals surface area (Å²) >= 11 is 0. The van der Waals surface area contributed by atoms with Gasteiger partial charge < -0.3 is 5.32 Å². The summed E-state index contributed by atoms with van der Waals surface area (Å²) in [5.74, 6) is -1.13. The van der Waals surface area contributed by atoms with Gasteiger partial charge in [-0.15, -0.1) is 0 Å². The van der Waals surface area contributed by atoms with Gasteiger partial charge in [-0.1, -0.05) is 24.6 Å². The highest BCUT2D eigenvalue weighted by atomic mass is 19.4. The maximum absolute atomic E-state index is 12.7. The number of nitrogens with one attached hydrogen (secondary N) is 1. The Bertz CT molecular complexity index is 454. The molecule has 1 aliphatic carbocycles. The van der Waals surface area contributed by atoms with Gasteiger partial charge in [-0.2, -0.15) is 13.2 Å². The van der Waals surface area contributed by atoms with Crippen molar-refractivity contribution in [3.05, 3.63) is 34.9 Å². The Morgan fingerprint density at radius 2 is 1.90 bits per heavy atom. The van der Waals surface area contributed by atoms with Crippen LogP contribution in [0, 0.1) is 19.8 Å². The van der Waals surface area contributed by atoms with E-state index in [1.54, 1.807) is 0 Å². The van der Waals surface area contributed by atoms with E-state index in [4.69, 9.17) is 0 Å². The van der Waals surface area contributed by atoms with Gasteiger partial charge in [0.15, 0.2) is 0 Å². The third kappa shape index (κ3) is 3.98. The van der Waals surface area contributed by atoms with Crippen molar-refractivity contribution in [2.24, 2.45) is 5.92 Å². The summed E-state index contributed by atoms with van der Waals surface area (Å²) in [6, 6.07) is 6.19. The van der Waals surface area contributed by atoms with E-state index in [-0.39, 0.29) is 18.9 Å². The molecule has 0 saturated heterocycles. The maximum Gasteiger partial charge on any atom is 0.391 e. The molecule has 1 nitrogen and oxygen atoms in total. The van der Waals surface area contributed by atoms with Crippen LogP contribution in [0.15, 0.2) is 18.2 Å². The Balaban J connectivity index is 1.88. The van der Waals surface area contributed by atoms with Crippen molar-refractivity contribution in [3.8, 4) is 0 Å². The molecule has 1 fully saturated rings. The Morgan fingerprint density at radius 1 is 1.15 bits per heavy atom. The van der Waals surface area contributed by atoms with E-state index in [1.807, 2.05) is 6.07 Å². The van der Waals surface area contributed by atoms with Gasteiger partial charge >= 0.3 is 6.18 Å². The van der Waals surface area contributed by atoms with Crippen LogP contribution in [-0.4, -0.2) is 12.2 Å². The van der Waals surface area contributed by atoms with Crippen LogP contribution in [-0.2, 0) is 6.54 Å². The predicted octanol–water partition coefficient (Wildman–Crippen LogP) is 4.51. The summed E-state index contributed by atoms with van der Waals surface area (Å²) in [5, 5.41) is 3.29. The van der Waals surface area contributed by atoms with Crippen LogP contribution >= 0.6 is 0 Å². The molecule has 1 saturated carbocycles. The monoisotopic (exact) mass is 285 g/mol. The summed E-state index contributed by atoms with van der Waals surface area (Å²) in [4.78, 5) is 0. The molecule has 1 aliphatic rings. The minimum atomic E-state index is -4.04. The van der Waals surface area contributed by atoms with Gasteiger partial charge in [0.1, 0.15) is 0 Å². The lowest BCUT2D eigenvalue weighted by Gasteiger charge is -2.31. The largest absolute Gasteiger partial charge is 0.391 e. The first-order chi connectivity index (χ1) is 9.36. The molecule has 1 N–H and O–H groups in total. The molecule has 112 valence electrons. The Kier molecular flexibility index (Phi) is 4.74. The van der Waals surface area contributed by atoms with Gasteiger partial charge in [0.2, 0.25) is 0 Å².